The lowest BCUT2D eigenvalue weighted by Gasteiger charge is -2.25. The monoisotopic (exact) mass is 224 g/mol. The van der Waals surface area contributed by atoms with Crippen LogP contribution < -0.4 is 5.32 Å². The van der Waals surface area contributed by atoms with Gasteiger partial charge in [0.2, 0.25) is 5.91 Å². The van der Waals surface area contributed by atoms with E-state index in [0.29, 0.717) is 18.8 Å². The van der Waals surface area contributed by atoms with Gasteiger partial charge >= 0.3 is 0 Å². The Bertz CT molecular complexity index is 262. The van der Waals surface area contributed by atoms with Crippen LogP contribution in [-0.4, -0.2) is 11.9 Å². The first-order chi connectivity index (χ1) is 7.41. The maximum atomic E-state index is 12.0. The predicted molar refractivity (Wildman–Crippen MR) is 65.7 cm³/mol. The highest BCUT2D eigenvalue weighted by Crippen LogP contribution is 2.25. The Kier molecular flexibility index (Phi) is 6.10. The summed E-state index contributed by atoms with van der Waals surface area (Å²) in [4.78, 5) is 12.0. The van der Waals surface area contributed by atoms with E-state index in [2.05, 4.69) is 25.2 Å². The van der Waals surface area contributed by atoms with Crippen molar-refractivity contribution >= 4 is 5.91 Å². The minimum absolute atomic E-state index is 0.117. The van der Waals surface area contributed by atoms with Crippen molar-refractivity contribution in [1.82, 2.24) is 5.32 Å². The van der Waals surface area contributed by atoms with Gasteiger partial charge in [-0.05, 0) is 32.1 Å². The zero-order valence-corrected chi connectivity index (χ0v) is 11.1. The predicted octanol–water partition coefficient (Wildman–Crippen LogP) is 2.87. The number of nitrogens with one attached hydrogen (secondary N) is 1. The fourth-order valence-electron chi connectivity index (χ4n) is 1.91. The van der Waals surface area contributed by atoms with E-state index in [-0.39, 0.29) is 11.9 Å². The van der Waals surface area contributed by atoms with Crippen molar-refractivity contribution in [2.45, 2.75) is 59.9 Å². The zero-order valence-electron chi connectivity index (χ0n) is 11.1. The van der Waals surface area contributed by atoms with Gasteiger partial charge in [0.25, 0.3) is 0 Å². The lowest BCUT2D eigenvalue weighted by atomic mass is 9.82. The molecule has 0 rings (SSSR count). The van der Waals surface area contributed by atoms with Gasteiger partial charge in [0, 0.05) is 6.04 Å². The average molecular weight is 224 g/mol. The molecule has 0 aliphatic heterocycles. The number of hydrogen-bond acceptors (Lipinski definition) is 2. The molecule has 16 heavy (non-hydrogen) atoms. The van der Waals surface area contributed by atoms with Crippen LogP contribution in [0, 0.1) is 22.7 Å². The molecule has 0 heterocycles. The second-order valence-corrected chi connectivity index (χ2v) is 4.91. The molecular weight excluding hydrogens is 200 g/mol. The Hall–Kier alpha value is -1.04. The van der Waals surface area contributed by atoms with Gasteiger partial charge in [-0.1, -0.05) is 27.7 Å². The summed E-state index contributed by atoms with van der Waals surface area (Å²) < 4.78 is 0. The van der Waals surface area contributed by atoms with Crippen LogP contribution >= 0.6 is 0 Å². The number of carbonyl (C=O) groups excluding carboxylic acids is 1. The van der Waals surface area contributed by atoms with Crippen molar-refractivity contribution in [2.75, 3.05) is 0 Å². The number of carbonyl (C=O) groups is 1. The zero-order chi connectivity index (χ0) is 12.8. The van der Waals surface area contributed by atoms with Gasteiger partial charge < -0.3 is 5.32 Å². The molecule has 0 saturated heterocycles. The van der Waals surface area contributed by atoms with Crippen LogP contribution in [-0.2, 0) is 4.79 Å². The molecule has 0 aromatic heterocycles. The molecule has 1 unspecified atom stereocenters. The lowest BCUT2D eigenvalue weighted by molar-refractivity contribution is -0.129. The van der Waals surface area contributed by atoms with Crippen LogP contribution in [0.4, 0.5) is 0 Å². The Morgan fingerprint density at radius 2 is 1.81 bits per heavy atom. The quantitative estimate of drug-likeness (QED) is 0.754. The fourth-order valence-corrected chi connectivity index (χ4v) is 1.91. The summed E-state index contributed by atoms with van der Waals surface area (Å²) in [6, 6.07) is 2.30. The third kappa shape index (κ3) is 3.84. The summed E-state index contributed by atoms with van der Waals surface area (Å²) in [5, 5.41) is 12.1. The maximum absolute atomic E-state index is 12.0. The largest absolute Gasteiger partial charge is 0.352 e. The topological polar surface area (TPSA) is 52.9 Å². The molecule has 0 radical (unpaired) electrons. The SMILES string of the molecule is CCC(C#N)(CC)C(=O)NC(C)CC(C)C. The molecular formula is C13H24N2O. The maximum Gasteiger partial charge on any atom is 0.240 e. The van der Waals surface area contributed by atoms with Crippen LogP contribution in [0.5, 0.6) is 0 Å². The Balaban J connectivity index is 4.50. The van der Waals surface area contributed by atoms with Gasteiger partial charge in [-0.25, -0.2) is 0 Å². The molecule has 0 aromatic rings. The summed E-state index contributed by atoms with van der Waals surface area (Å²) in [6.45, 7) is 10.0. The van der Waals surface area contributed by atoms with E-state index in [1.54, 1.807) is 0 Å². The third-order valence-electron chi connectivity index (χ3n) is 3.06. The molecule has 1 amide bonds. The fraction of sp³-hybridized carbons (Fsp3) is 0.846. The summed E-state index contributed by atoms with van der Waals surface area (Å²) >= 11 is 0. The molecule has 0 bridgehead atoms. The van der Waals surface area contributed by atoms with Crippen LogP contribution in [0.25, 0.3) is 0 Å². The highest BCUT2D eigenvalue weighted by atomic mass is 16.2. The van der Waals surface area contributed by atoms with Gasteiger partial charge in [-0.15, -0.1) is 0 Å². The van der Waals surface area contributed by atoms with Gasteiger partial charge in [-0.2, -0.15) is 5.26 Å². The van der Waals surface area contributed by atoms with E-state index in [4.69, 9.17) is 5.26 Å². The summed E-state index contributed by atoms with van der Waals surface area (Å²) in [6.07, 6.45) is 2.08. The molecule has 3 heteroatoms. The molecule has 0 fully saturated rings. The number of nitrogens with zero attached hydrogens (tertiary/aromatic N) is 1. The van der Waals surface area contributed by atoms with E-state index < -0.39 is 5.41 Å². The van der Waals surface area contributed by atoms with Crippen LogP contribution in [0.3, 0.4) is 0 Å². The van der Waals surface area contributed by atoms with Crippen LogP contribution in [0.1, 0.15) is 53.9 Å². The molecule has 92 valence electrons. The number of nitriles is 1. The summed E-state index contributed by atoms with van der Waals surface area (Å²) in [5.74, 6) is 0.434. The highest BCUT2D eigenvalue weighted by molar-refractivity contribution is 5.85. The standard InChI is InChI=1S/C13H24N2O/c1-6-13(7-2,9-14)12(16)15-11(5)8-10(3)4/h10-11H,6-8H2,1-5H3,(H,15,16). The normalized spacial score (nSPS) is 13.3. The van der Waals surface area contributed by atoms with Crippen LogP contribution in [0.2, 0.25) is 0 Å². The molecule has 0 aromatic carbocycles. The molecule has 0 saturated carbocycles. The number of amides is 1. The van der Waals surface area contributed by atoms with Crippen molar-refractivity contribution in [3.8, 4) is 6.07 Å². The van der Waals surface area contributed by atoms with Crippen molar-refractivity contribution in [3.63, 3.8) is 0 Å². The first kappa shape index (κ1) is 15.0. The number of hydrogen-bond donors (Lipinski definition) is 1. The second kappa shape index (κ2) is 6.52. The minimum Gasteiger partial charge on any atom is -0.352 e. The Labute approximate surface area is 99.2 Å². The lowest BCUT2D eigenvalue weighted by Crippen LogP contribution is -2.43. The van der Waals surface area contributed by atoms with E-state index in [1.165, 1.54) is 0 Å². The van der Waals surface area contributed by atoms with E-state index in [0.717, 1.165) is 6.42 Å². The smallest absolute Gasteiger partial charge is 0.240 e. The van der Waals surface area contributed by atoms with Gasteiger partial charge in [0.1, 0.15) is 5.41 Å². The van der Waals surface area contributed by atoms with Crippen molar-refractivity contribution < 1.29 is 4.79 Å². The molecule has 1 N–H and O–H groups in total. The second-order valence-electron chi connectivity index (χ2n) is 4.91. The molecule has 0 aliphatic rings. The summed E-state index contributed by atoms with van der Waals surface area (Å²) in [5.41, 5.74) is -0.842. The van der Waals surface area contributed by atoms with E-state index in [1.807, 2.05) is 20.8 Å². The molecule has 0 spiro atoms. The average Bonchev–Trinajstić information content (AvgIpc) is 2.19. The van der Waals surface area contributed by atoms with Gasteiger partial charge in [-0.3, -0.25) is 4.79 Å². The molecule has 3 nitrogen and oxygen atoms in total. The van der Waals surface area contributed by atoms with Gasteiger partial charge in [0.05, 0.1) is 6.07 Å². The number of rotatable bonds is 6. The van der Waals surface area contributed by atoms with Gasteiger partial charge in [0.15, 0.2) is 0 Å². The van der Waals surface area contributed by atoms with Crippen molar-refractivity contribution in [1.29, 1.82) is 5.26 Å². The first-order valence-corrected chi connectivity index (χ1v) is 6.14. The Morgan fingerprint density at radius 3 is 2.12 bits per heavy atom. The van der Waals surface area contributed by atoms with Crippen molar-refractivity contribution in [3.05, 3.63) is 0 Å². The third-order valence-corrected chi connectivity index (χ3v) is 3.06. The molecule has 1 atom stereocenters. The minimum atomic E-state index is -0.842. The van der Waals surface area contributed by atoms with E-state index >= 15 is 0 Å². The van der Waals surface area contributed by atoms with Crippen molar-refractivity contribution in [2.24, 2.45) is 11.3 Å². The van der Waals surface area contributed by atoms with Crippen LogP contribution in [0.15, 0.2) is 0 Å². The highest BCUT2D eigenvalue weighted by Gasteiger charge is 2.35. The summed E-state index contributed by atoms with van der Waals surface area (Å²) in [7, 11) is 0. The molecule has 0 aliphatic carbocycles. The Morgan fingerprint density at radius 1 is 1.31 bits per heavy atom. The first-order valence-electron chi connectivity index (χ1n) is 6.14. The van der Waals surface area contributed by atoms with E-state index in [9.17, 15) is 4.79 Å².